The molecular weight excluding hydrogens is 360 g/mol. The van der Waals surface area contributed by atoms with Crippen molar-refractivity contribution in [2.24, 2.45) is 0 Å². The van der Waals surface area contributed by atoms with Gasteiger partial charge in [0.05, 0.1) is 37.6 Å². The lowest BCUT2D eigenvalue weighted by molar-refractivity contribution is -0.166. The minimum atomic E-state index is -1.09. The first-order valence-electron chi connectivity index (χ1n) is 9.26. The molecule has 0 radical (unpaired) electrons. The Morgan fingerprint density at radius 3 is 1.63 bits per heavy atom. The molecule has 0 aliphatic carbocycles. The summed E-state index contributed by atoms with van der Waals surface area (Å²) in [5, 5.41) is 28.4. The number of hydrogen-bond donors (Lipinski definition) is 3. The molecule has 0 aromatic carbocycles. The van der Waals surface area contributed by atoms with Crippen LogP contribution in [0.1, 0.15) is 59.3 Å². The van der Waals surface area contributed by atoms with Gasteiger partial charge in [-0.15, -0.1) is 0 Å². The number of rotatable bonds is 14. The molecule has 0 saturated heterocycles. The molecule has 0 heterocycles. The van der Waals surface area contributed by atoms with Gasteiger partial charge >= 0.3 is 17.9 Å². The van der Waals surface area contributed by atoms with Crippen LogP contribution < -0.4 is 0 Å². The molecule has 158 valence electrons. The molecule has 0 aromatic rings. The van der Waals surface area contributed by atoms with E-state index in [9.17, 15) is 29.7 Å². The average Bonchev–Trinajstić information content (AvgIpc) is 2.63. The first-order valence-corrected chi connectivity index (χ1v) is 9.26. The van der Waals surface area contributed by atoms with Crippen LogP contribution in [0.5, 0.6) is 0 Å². The Morgan fingerprint density at radius 1 is 0.667 bits per heavy atom. The normalized spacial score (nSPS) is 15.3. The Bertz CT molecular complexity index is 452. The number of aliphatic hydroxyl groups excluding tert-OH is 3. The van der Waals surface area contributed by atoms with E-state index in [-0.39, 0.29) is 32.5 Å². The van der Waals surface area contributed by atoms with E-state index >= 15 is 0 Å². The van der Waals surface area contributed by atoms with Crippen molar-refractivity contribution in [3.05, 3.63) is 0 Å². The molecule has 4 unspecified atom stereocenters. The van der Waals surface area contributed by atoms with Crippen LogP contribution >= 0.6 is 0 Å². The second kappa shape index (κ2) is 14.4. The van der Waals surface area contributed by atoms with Crippen LogP contribution in [0.4, 0.5) is 0 Å². The Balaban J connectivity index is 4.66. The molecule has 0 fully saturated rings. The molecule has 9 nitrogen and oxygen atoms in total. The van der Waals surface area contributed by atoms with Crippen LogP contribution in [0.25, 0.3) is 0 Å². The number of aliphatic hydroxyl groups is 3. The fraction of sp³-hybridized carbons (Fsp3) is 0.833. The van der Waals surface area contributed by atoms with E-state index in [1.54, 1.807) is 20.8 Å². The number of carbonyl (C=O) groups excluding carboxylic acids is 3. The number of esters is 3. The maximum absolute atomic E-state index is 11.8. The van der Waals surface area contributed by atoms with E-state index in [2.05, 4.69) is 0 Å². The molecule has 0 aliphatic rings. The molecule has 0 aromatic heterocycles. The zero-order chi connectivity index (χ0) is 20.8. The summed E-state index contributed by atoms with van der Waals surface area (Å²) in [6, 6.07) is 0. The molecule has 0 saturated carbocycles. The van der Waals surface area contributed by atoms with Crippen molar-refractivity contribution >= 4 is 17.9 Å². The minimum absolute atomic E-state index is 0.187. The van der Waals surface area contributed by atoms with Crippen molar-refractivity contribution in [2.45, 2.75) is 83.7 Å². The molecular formula is C18H32O9. The van der Waals surface area contributed by atoms with Crippen molar-refractivity contribution in [1.82, 2.24) is 0 Å². The van der Waals surface area contributed by atoms with Gasteiger partial charge in [0.25, 0.3) is 0 Å². The Morgan fingerprint density at radius 2 is 1.11 bits per heavy atom. The summed E-state index contributed by atoms with van der Waals surface area (Å²) in [6.45, 7) is 4.57. The second-order valence-corrected chi connectivity index (χ2v) is 6.28. The SMILES string of the molecule is CCC(O)COC(=O)CC(COC(=O)CC(O)CC)OC(=O)CC(O)CC. The van der Waals surface area contributed by atoms with Crippen LogP contribution in [0.2, 0.25) is 0 Å². The van der Waals surface area contributed by atoms with Crippen molar-refractivity contribution in [3.63, 3.8) is 0 Å². The van der Waals surface area contributed by atoms with Crippen molar-refractivity contribution in [3.8, 4) is 0 Å². The molecule has 0 bridgehead atoms. The summed E-state index contributed by atoms with van der Waals surface area (Å²) in [5.74, 6) is -2.14. The maximum atomic E-state index is 11.8. The van der Waals surface area contributed by atoms with E-state index in [0.717, 1.165) is 0 Å². The predicted molar refractivity (Wildman–Crippen MR) is 94.5 cm³/mol. The summed E-state index contributed by atoms with van der Waals surface area (Å²) in [7, 11) is 0. The Hall–Kier alpha value is -1.71. The summed E-state index contributed by atoms with van der Waals surface area (Å²) >= 11 is 0. The van der Waals surface area contributed by atoms with Crippen molar-refractivity contribution in [1.29, 1.82) is 0 Å². The molecule has 0 amide bonds. The summed E-state index contributed by atoms with van der Waals surface area (Å²) < 4.78 is 15.0. The highest BCUT2D eigenvalue weighted by Gasteiger charge is 2.23. The monoisotopic (exact) mass is 392 g/mol. The van der Waals surface area contributed by atoms with Gasteiger partial charge in [0.15, 0.2) is 0 Å². The van der Waals surface area contributed by atoms with Crippen LogP contribution in [-0.2, 0) is 28.6 Å². The van der Waals surface area contributed by atoms with Gasteiger partial charge in [-0.05, 0) is 19.3 Å². The third-order valence-electron chi connectivity index (χ3n) is 3.78. The quantitative estimate of drug-likeness (QED) is 0.284. The van der Waals surface area contributed by atoms with Crippen molar-refractivity contribution < 1.29 is 43.9 Å². The van der Waals surface area contributed by atoms with E-state index in [0.29, 0.717) is 19.3 Å². The predicted octanol–water partition coefficient (Wildman–Crippen LogP) is 0.468. The van der Waals surface area contributed by atoms with Crippen LogP contribution in [0, 0.1) is 0 Å². The highest BCUT2D eigenvalue weighted by atomic mass is 16.6. The van der Waals surface area contributed by atoms with Crippen LogP contribution in [0.3, 0.4) is 0 Å². The van der Waals surface area contributed by atoms with Gasteiger partial charge < -0.3 is 29.5 Å². The molecule has 0 spiro atoms. The Labute approximate surface area is 159 Å². The molecule has 4 atom stereocenters. The largest absolute Gasteiger partial charge is 0.463 e. The van der Waals surface area contributed by atoms with E-state index in [4.69, 9.17) is 14.2 Å². The zero-order valence-electron chi connectivity index (χ0n) is 16.3. The van der Waals surface area contributed by atoms with E-state index < -0.39 is 42.3 Å². The maximum Gasteiger partial charge on any atom is 0.309 e. The van der Waals surface area contributed by atoms with Gasteiger partial charge in [-0.25, -0.2) is 0 Å². The number of ether oxygens (including phenoxy) is 3. The number of carbonyl (C=O) groups is 3. The highest BCUT2D eigenvalue weighted by Crippen LogP contribution is 2.09. The lowest BCUT2D eigenvalue weighted by atomic mass is 10.2. The van der Waals surface area contributed by atoms with E-state index in [1.165, 1.54) is 0 Å². The molecule has 3 N–H and O–H groups in total. The third kappa shape index (κ3) is 13.2. The van der Waals surface area contributed by atoms with Crippen LogP contribution in [0.15, 0.2) is 0 Å². The first kappa shape index (κ1) is 25.3. The summed E-state index contributed by atoms with van der Waals surface area (Å²) in [4.78, 5) is 35.3. The van der Waals surface area contributed by atoms with E-state index in [1.807, 2.05) is 0 Å². The lowest BCUT2D eigenvalue weighted by Crippen LogP contribution is -2.31. The standard InChI is InChI=1S/C18H32O9/c1-4-12(19)7-16(22)26-11-15(27-18(24)8-13(20)5-2)9-17(23)25-10-14(21)6-3/h12-15,19-21H,4-11H2,1-3H3. The number of hydrogen-bond acceptors (Lipinski definition) is 9. The fourth-order valence-electron chi connectivity index (χ4n) is 1.84. The third-order valence-corrected chi connectivity index (χ3v) is 3.78. The smallest absolute Gasteiger partial charge is 0.309 e. The fourth-order valence-corrected chi connectivity index (χ4v) is 1.84. The molecule has 0 rings (SSSR count). The van der Waals surface area contributed by atoms with Gasteiger partial charge in [-0.1, -0.05) is 20.8 Å². The highest BCUT2D eigenvalue weighted by molar-refractivity contribution is 5.73. The van der Waals surface area contributed by atoms with Crippen molar-refractivity contribution in [2.75, 3.05) is 13.2 Å². The minimum Gasteiger partial charge on any atom is -0.463 e. The first-order chi connectivity index (χ1) is 12.7. The van der Waals surface area contributed by atoms with Crippen LogP contribution in [-0.4, -0.2) is 70.9 Å². The topological polar surface area (TPSA) is 140 Å². The van der Waals surface area contributed by atoms with Gasteiger partial charge in [-0.2, -0.15) is 0 Å². The van der Waals surface area contributed by atoms with Gasteiger partial charge in [-0.3, -0.25) is 14.4 Å². The van der Waals surface area contributed by atoms with Gasteiger partial charge in [0.2, 0.25) is 0 Å². The average molecular weight is 392 g/mol. The summed E-state index contributed by atoms with van der Waals surface area (Å²) in [5.41, 5.74) is 0. The molecule has 27 heavy (non-hydrogen) atoms. The summed E-state index contributed by atoms with van der Waals surface area (Å²) in [6.07, 6.45) is -3.25. The molecule has 0 aliphatic heterocycles. The second-order valence-electron chi connectivity index (χ2n) is 6.28. The Kier molecular flexibility index (Phi) is 13.5. The lowest BCUT2D eigenvalue weighted by Gasteiger charge is -2.19. The zero-order valence-corrected chi connectivity index (χ0v) is 16.3. The van der Waals surface area contributed by atoms with Gasteiger partial charge in [0, 0.05) is 0 Å². The van der Waals surface area contributed by atoms with Gasteiger partial charge in [0.1, 0.15) is 19.3 Å². The molecule has 9 heteroatoms.